The number of nitrogens with zero attached hydrogens (tertiary/aromatic N) is 3. The lowest BCUT2D eigenvalue weighted by molar-refractivity contribution is -0.136. The van der Waals surface area contributed by atoms with Gasteiger partial charge in [0.2, 0.25) is 5.69 Å². The zero-order chi connectivity index (χ0) is 19.7. The van der Waals surface area contributed by atoms with E-state index >= 15 is 0 Å². The Hall–Kier alpha value is -2.56. The number of Topliss-reactive ketones (excluding diaryl/α,β-unsaturated/α-hetero) is 1. The molecule has 4 atom stereocenters. The Morgan fingerprint density at radius 3 is 3.00 bits per heavy atom. The van der Waals surface area contributed by atoms with Gasteiger partial charge >= 0.3 is 0 Å². The number of hydrogen-bond donors (Lipinski definition) is 1. The van der Waals surface area contributed by atoms with Crippen LogP contribution in [0, 0.1) is 12.5 Å². The fourth-order valence-electron chi connectivity index (χ4n) is 4.13. The predicted molar refractivity (Wildman–Crippen MR) is 105 cm³/mol. The number of benzene rings is 1. The molecule has 4 rings (SSSR count). The van der Waals surface area contributed by atoms with Gasteiger partial charge in [-0.3, -0.25) is 9.78 Å². The van der Waals surface area contributed by atoms with Gasteiger partial charge in [0.05, 0.1) is 24.7 Å². The second-order valence-corrected chi connectivity index (χ2v) is 7.56. The van der Waals surface area contributed by atoms with E-state index in [-0.39, 0.29) is 24.2 Å². The van der Waals surface area contributed by atoms with E-state index in [9.17, 15) is 9.18 Å². The van der Waals surface area contributed by atoms with E-state index in [2.05, 4.69) is 20.0 Å². The molecule has 7 heteroatoms. The smallest absolute Gasteiger partial charge is 0.213 e. The van der Waals surface area contributed by atoms with Crippen LogP contribution in [0.4, 0.5) is 15.8 Å². The minimum Gasteiger partial charge on any atom is -0.365 e. The number of carbonyl (C=O) groups excluding carboxylic acids is 1. The summed E-state index contributed by atoms with van der Waals surface area (Å²) in [4.78, 5) is 22.8. The molecule has 2 saturated heterocycles. The van der Waals surface area contributed by atoms with Gasteiger partial charge < -0.3 is 15.0 Å². The lowest BCUT2D eigenvalue weighted by Gasteiger charge is -2.38. The molecule has 1 N–H and O–H groups in total. The highest BCUT2D eigenvalue weighted by atomic mass is 19.1. The highest BCUT2D eigenvalue weighted by Crippen LogP contribution is 2.34. The number of ketones is 1. The Kier molecular flexibility index (Phi) is 5.25. The molecule has 1 aromatic carbocycles. The first-order valence-electron chi connectivity index (χ1n) is 9.60. The molecule has 2 fully saturated rings. The van der Waals surface area contributed by atoms with Crippen molar-refractivity contribution in [3.8, 4) is 0 Å². The van der Waals surface area contributed by atoms with Gasteiger partial charge in [-0.15, -0.1) is 0 Å². The van der Waals surface area contributed by atoms with E-state index in [4.69, 9.17) is 11.3 Å². The lowest BCUT2D eigenvalue weighted by Crippen LogP contribution is -2.50. The van der Waals surface area contributed by atoms with E-state index in [0.29, 0.717) is 37.4 Å². The summed E-state index contributed by atoms with van der Waals surface area (Å²) in [7, 11) is 0. The van der Waals surface area contributed by atoms with Crippen LogP contribution in [0.2, 0.25) is 0 Å². The van der Waals surface area contributed by atoms with Crippen LogP contribution in [-0.4, -0.2) is 55.3 Å². The molecule has 2 aliphatic rings. The van der Waals surface area contributed by atoms with Crippen molar-refractivity contribution in [3.05, 3.63) is 41.9 Å². The van der Waals surface area contributed by atoms with Crippen LogP contribution in [-0.2, 0) is 9.53 Å². The first kappa shape index (κ1) is 18.8. The topological polar surface area (TPSA) is 58.8 Å². The summed E-state index contributed by atoms with van der Waals surface area (Å²) >= 11 is 0. The summed E-state index contributed by atoms with van der Waals surface area (Å²) < 4.78 is 19.8. The van der Waals surface area contributed by atoms with Crippen LogP contribution in [0.3, 0.4) is 0 Å². The number of alkyl halides is 1. The summed E-state index contributed by atoms with van der Waals surface area (Å²) in [5.74, 6) is -0.321. The molecule has 1 aromatic heterocycles. The minimum absolute atomic E-state index is 0.0480. The zero-order valence-electron chi connectivity index (χ0n) is 15.8. The zero-order valence-corrected chi connectivity index (χ0v) is 15.8. The van der Waals surface area contributed by atoms with E-state index in [1.54, 1.807) is 12.3 Å². The van der Waals surface area contributed by atoms with Gasteiger partial charge in [0.1, 0.15) is 12.3 Å². The number of nitrogens with one attached hydrogen (secondary N) is 1. The number of rotatable bonds is 4. The molecule has 146 valence electrons. The maximum atomic E-state index is 13.9. The first-order chi connectivity index (χ1) is 13.6. The average Bonchev–Trinajstić information content (AvgIpc) is 3.11. The Balaban J connectivity index is 1.58. The molecule has 0 spiro atoms. The molecule has 0 radical (unpaired) electrons. The van der Waals surface area contributed by atoms with Crippen LogP contribution in [0.5, 0.6) is 0 Å². The van der Waals surface area contributed by atoms with E-state index in [1.165, 1.54) is 0 Å². The number of pyridine rings is 1. The molecule has 0 saturated carbocycles. The molecule has 0 amide bonds. The van der Waals surface area contributed by atoms with E-state index in [1.807, 2.05) is 25.1 Å². The van der Waals surface area contributed by atoms with Gasteiger partial charge in [-0.05, 0) is 19.1 Å². The van der Waals surface area contributed by atoms with E-state index in [0.717, 1.165) is 11.1 Å². The molecular formula is C21H23FN4O2. The van der Waals surface area contributed by atoms with Crippen molar-refractivity contribution in [2.24, 2.45) is 5.92 Å². The van der Waals surface area contributed by atoms with Gasteiger partial charge in [-0.1, -0.05) is 12.1 Å². The predicted octanol–water partition coefficient (Wildman–Crippen LogP) is 2.90. The summed E-state index contributed by atoms with van der Waals surface area (Å²) in [6, 6.07) is 7.48. The van der Waals surface area contributed by atoms with Gasteiger partial charge in [0, 0.05) is 49.2 Å². The molecule has 3 heterocycles. The highest BCUT2D eigenvalue weighted by Gasteiger charge is 2.35. The SMILES string of the molecule is [C-]#[N+]c1ccc(N2C[C@@H](C)O[C@@H](C(=O)C[C@H]3CNC[C@H]3F)C2)c2cccnc12. The summed E-state index contributed by atoms with van der Waals surface area (Å²) in [5, 5.41) is 3.88. The Bertz CT molecular complexity index is 928. The van der Waals surface area contributed by atoms with Crippen LogP contribution >= 0.6 is 0 Å². The third-order valence-electron chi connectivity index (χ3n) is 5.53. The maximum Gasteiger partial charge on any atom is 0.213 e. The van der Waals surface area contributed by atoms with E-state index < -0.39 is 12.3 Å². The van der Waals surface area contributed by atoms with Crippen molar-refractivity contribution in [2.75, 3.05) is 31.1 Å². The Morgan fingerprint density at radius 1 is 1.39 bits per heavy atom. The van der Waals surface area contributed by atoms with Crippen molar-refractivity contribution >= 4 is 28.1 Å². The molecule has 2 aliphatic heterocycles. The minimum atomic E-state index is -0.975. The molecular weight excluding hydrogens is 359 g/mol. The third kappa shape index (κ3) is 3.58. The number of aromatic nitrogens is 1. The Morgan fingerprint density at radius 2 is 2.25 bits per heavy atom. The van der Waals surface area contributed by atoms with Gasteiger partial charge in [0.25, 0.3) is 0 Å². The number of hydrogen-bond acceptors (Lipinski definition) is 5. The monoisotopic (exact) mass is 382 g/mol. The lowest BCUT2D eigenvalue weighted by atomic mass is 9.96. The average molecular weight is 382 g/mol. The van der Waals surface area contributed by atoms with Crippen LogP contribution in [0.1, 0.15) is 13.3 Å². The number of ether oxygens (including phenoxy) is 1. The van der Waals surface area contributed by atoms with Crippen molar-refractivity contribution in [3.63, 3.8) is 0 Å². The van der Waals surface area contributed by atoms with Gasteiger partial charge in [-0.25, -0.2) is 9.24 Å². The molecule has 28 heavy (non-hydrogen) atoms. The maximum absolute atomic E-state index is 13.9. The molecule has 6 nitrogen and oxygen atoms in total. The Labute approximate surface area is 163 Å². The number of halogens is 1. The standard InChI is InChI=1S/C21H23FN4O2/c1-13-11-26(12-20(28-13)19(27)8-14-9-24-10-16(14)22)18-6-5-17(23-2)21-15(18)4-3-7-25-21/h3-7,13-14,16,20,24H,8-12H2,1H3/t13-,14+,16-,20-/m1/s1. The quantitative estimate of drug-likeness (QED) is 0.824. The fraction of sp³-hybridized carbons (Fsp3) is 0.476. The number of anilines is 1. The summed E-state index contributed by atoms with van der Waals surface area (Å²) in [5.41, 5.74) is 2.11. The van der Waals surface area contributed by atoms with Gasteiger partial charge in [0.15, 0.2) is 5.78 Å². The van der Waals surface area contributed by atoms with Crippen LogP contribution in [0.15, 0.2) is 30.5 Å². The normalized spacial score (nSPS) is 27.7. The van der Waals surface area contributed by atoms with Crippen molar-refractivity contribution in [1.29, 1.82) is 0 Å². The number of morpholine rings is 1. The summed E-state index contributed by atoms with van der Waals surface area (Å²) in [6.45, 7) is 11.2. The largest absolute Gasteiger partial charge is 0.365 e. The van der Waals surface area contributed by atoms with Crippen molar-refractivity contribution in [1.82, 2.24) is 10.3 Å². The van der Waals surface area contributed by atoms with Crippen LogP contribution in [0.25, 0.3) is 15.7 Å². The molecule has 0 aliphatic carbocycles. The van der Waals surface area contributed by atoms with Crippen molar-refractivity contribution in [2.45, 2.75) is 31.7 Å². The molecule has 0 unspecified atom stereocenters. The first-order valence-corrected chi connectivity index (χ1v) is 9.60. The van der Waals surface area contributed by atoms with Crippen molar-refractivity contribution < 1.29 is 13.9 Å². The second kappa shape index (κ2) is 7.82. The van der Waals surface area contributed by atoms with Crippen LogP contribution < -0.4 is 10.2 Å². The fourth-order valence-corrected chi connectivity index (χ4v) is 4.13. The molecule has 0 bridgehead atoms. The second-order valence-electron chi connectivity index (χ2n) is 7.56. The number of carbonyl (C=O) groups is 1. The molecule has 2 aromatic rings. The summed E-state index contributed by atoms with van der Waals surface area (Å²) in [6.07, 6.45) is 0.190. The third-order valence-corrected chi connectivity index (χ3v) is 5.53. The van der Waals surface area contributed by atoms with Gasteiger partial charge in [-0.2, -0.15) is 0 Å². The number of fused-ring (bicyclic) bond motifs is 1. The highest BCUT2D eigenvalue weighted by molar-refractivity contribution is 6.00.